The minimum atomic E-state index is -0.885. The van der Waals surface area contributed by atoms with Crippen molar-refractivity contribution < 1.29 is 14.7 Å². The van der Waals surface area contributed by atoms with Gasteiger partial charge in [0.15, 0.2) is 0 Å². The quantitative estimate of drug-likeness (QED) is 0.685. The molecule has 2 fully saturated rings. The highest BCUT2D eigenvalue weighted by atomic mass is 16.3. The Labute approximate surface area is 138 Å². The summed E-state index contributed by atoms with van der Waals surface area (Å²) >= 11 is 0. The van der Waals surface area contributed by atoms with Crippen LogP contribution in [0, 0.1) is 5.41 Å². The van der Waals surface area contributed by atoms with Crippen molar-refractivity contribution in [3.63, 3.8) is 0 Å². The number of piperidine rings is 2. The second-order valence-corrected chi connectivity index (χ2v) is 6.57. The average Bonchev–Trinajstić information content (AvgIpc) is 3.06. The second-order valence-electron chi connectivity index (χ2n) is 6.57. The predicted molar refractivity (Wildman–Crippen MR) is 85.1 cm³/mol. The molecule has 2 amide bonds. The number of carbonyl (C=O) groups excluding carboxylic acids is 2. The lowest BCUT2D eigenvalue weighted by atomic mass is 9.71. The number of carbonyl (C=O) groups is 2. The fraction of sp³-hybridized carbons (Fsp3) is 0.500. The van der Waals surface area contributed by atoms with Crippen molar-refractivity contribution in [2.24, 2.45) is 5.41 Å². The van der Waals surface area contributed by atoms with Gasteiger partial charge in [-0.15, -0.1) is 0 Å². The molecule has 8 nitrogen and oxygen atoms in total. The molecule has 4 rings (SSSR count). The molecule has 3 N–H and O–H groups in total. The Morgan fingerprint density at radius 2 is 2.17 bits per heavy atom. The maximum absolute atomic E-state index is 12.9. The van der Waals surface area contributed by atoms with Crippen LogP contribution in [-0.4, -0.2) is 63.0 Å². The molecule has 0 aliphatic carbocycles. The number of aromatic nitrogens is 3. The van der Waals surface area contributed by atoms with Crippen molar-refractivity contribution in [1.29, 1.82) is 0 Å². The molecular formula is C16H19N5O3. The number of fused-ring (bicyclic) bond motifs is 1. The number of aliphatic hydroxyl groups excluding tert-OH is 1. The van der Waals surface area contributed by atoms with Gasteiger partial charge in [0.25, 0.3) is 5.91 Å². The number of nitrogens with one attached hydrogen (secondary N) is 2. The fourth-order valence-corrected chi connectivity index (χ4v) is 3.77. The van der Waals surface area contributed by atoms with Crippen LogP contribution >= 0.6 is 0 Å². The standard InChI is InChI=1S/C16H19N5O3/c22-13-4-7-21(9-16(13)5-1-6-17-15(16)24)14(23)10-2-3-11-12(8-10)19-20-18-11/h2-3,8,13,22H,1,4-7,9H2,(H,17,24)(H,18,19,20)/t13-,16+/m0/s1. The van der Waals surface area contributed by atoms with Gasteiger partial charge in [0.1, 0.15) is 11.0 Å². The molecule has 24 heavy (non-hydrogen) atoms. The van der Waals surface area contributed by atoms with E-state index in [1.54, 1.807) is 23.1 Å². The van der Waals surface area contributed by atoms with E-state index in [0.29, 0.717) is 42.5 Å². The van der Waals surface area contributed by atoms with E-state index < -0.39 is 11.5 Å². The first-order valence-corrected chi connectivity index (χ1v) is 8.16. The van der Waals surface area contributed by atoms with Gasteiger partial charge in [-0.3, -0.25) is 9.59 Å². The van der Waals surface area contributed by atoms with Gasteiger partial charge >= 0.3 is 0 Å². The van der Waals surface area contributed by atoms with Crippen LogP contribution in [0.3, 0.4) is 0 Å². The number of hydrogen-bond donors (Lipinski definition) is 3. The van der Waals surface area contributed by atoms with Gasteiger partial charge in [0, 0.05) is 25.2 Å². The van der Waals surface area contributed by atoms with Crippen molar-refractivity contribution in [3.8, 4) is 0 Å². The van der Waals surface area contributed by atoms with Crippen molar-refractivity contribution >= 4 is 22.8 Å². The molecule has 8 heteroatoms. The topological polar surface area (TPSA) is 111 Å². The lowest BCUT2D eigenvalue weighted by Crippen LogP contribution is -2.62. The Bertz CT molecular complexity index is 804. The van der Waals surface area contributed by atoms with Crippen molar-refractivity contribution in [1.82, 2.24) is 25.6 Å². The summed E-state index contributed by atoms with van der Waals surface area (Å²) in [7, 11) is 0. The predicted octanol–water partition coefficient (Wildman–Crippen LogP) is 0.0611. The molecule has 2 saturated heterocycles. The Morgan fingerprint density at radius 1 is 1.33 bits per heavy atom. The van der Waals surface area contributed by atoms with E-state index >= 15 is 0 Å². The van der Waals surface area contributed by atoms with E-state index in [4.69, 9.17) is 0 Å². The molecular weight excluding hydrogens is 310 g/mol. The molecule has 0 radical (unpaired) electrons. The number of rotatable bonds is 1. The molecule has 2 aromatic rings. The third-order valence-electron chi connectivity index (χ3n) is 5.17. The van der Waals surface area contributed by atoms with Crippen LogP contribution in [0.15, 0.2) is 18.2 Å². The van der Waals surface area contributed by atoms with Crippen molar-refractivity contribution in [2.75, 3.05) is 19.6 Å². The Balaban J connectivity index is 1.61. The largest absolute Gasteiger partial charge is 0.392 e. The summed E-state index contributed by atoms with van der Waals surface area (Å²) in [6.07, 6.45) is 1.12. The van der Waals surface area contributed by atoms with E-state index in [-0.39, 0.29) is 18.4 Å². The van der Waals surface area contributed by atoms with E-state index in [1.165, 1.54) is 0 Å². The second kappa shape index (κ2) is 5.55. The van der Waals surface area contributed by atoms with E-state index in [0.717, 1.165) is 6.42 Å². The summed E-state index contributed by atoms with van der Waals surface area (Å²) in [5.41, 5.74) is 0.954. The van der Waals surface area contributed by atoms with Gasteiger partial charge in [-0.05, 0) is 37.5 Å². The summed E-state index contributed by atoms with van der Waals surface area (Å²) < 4.78 is 0. The van der Waals surface area contributed by atoms with Crippen LogP contribution in [0.4, 0.5) is 0 Å². The Hall–Kier alpha value is -2.48. The van der Waals surface area contributed by atoms with Crippen LogP contribution in [0.5, 0.6) is 0 Å². The van der Waals surface area contributed by atoms with Crippen molar-refractivity contribution in [3.05, 3.63) is 23.8 Å². The molecule has 126 valence electrons. The Kier molecular flexibility index (Phi) is 3.49. The van der Waals surface area contributed by atoms with Crippen LogP contribution in [0.2, 0.25) is 0 Å². The number of likely N-dealkylation sites (tertiary alicyclic amines) is 1. The average molecular weight is 329 g/mol. The minimum Gasteiger partial charge on any atom is -0.392 e. The monoisotopic (exact) mass is 329 g/mol. The first kappa shape index (κ1) is 15.1. The number of hydrogen-bond acceptors (Lipinski definition) is 5. The SMILES string of the molecule is O=C(c1ccc2n[nH]nc2c1)N1CC[C@H](O)[C@@]2(CCCNC2=O)C1. The smallest absolute Gasteiger partial charge is 0.253 e. The van der Waals surface area contributed by atoms with Gasteiger partial charge < -0.3 is 15.3 Å². The van der Waals surface area contributed by atoms with E-state index in [9.17, 15) is 14.7 Å². The van der Waals surface area contributed by atoms with Crippen LogP contribution in [0.1, 0.15) is 29.6 Å². The lowest BCUT2D eigenvalue weighted by Gasteiger charge is -2.46. The highest BCUT2D eigenvalue weighted by Crippen LogP contribution is 2.37. The zero-order chi connectivity index (χ0) is 16.7. The number of benzene rings is 1. The molecule has 2 aliphatic heterocycles. The summed E-state index contributed by atoms with van der Waals surface area (Å²) in [6.45, 7) is 1.31. The Morgan fingerprint density at radius 3 is 3.00 bits per heavy atom. The van der Waals surface area contributed by atoms with E-state index in [1.807, 2.05) is 0 Å². The number of nitrogens with zero attached hydrogens (tertiary/aromatic N) is 3. The maximum atomic E-state index is 12.9. The fourth-order valence-electron chi connectivity index (χ4n) is 3.77. The highest BCUT2D eigenvalue weighted by Gasteiger charge is 2.50. The number of amides is 2. The zero-order valence-electron chi connectivity index (χ0n) is 13.2. The number of H-pyrrole nitrogens is 1. The summed E-state index contributed by atoms with van der Waals surface area (Å²) in [4.78, 5) is 26.9. The molecule has 1 spiro atoms. The van der Waals surface area contributed by atoms with Crippen LogP contribution in [0.25, 0.3) is 11.0 Å². The highest BCUT2D eigenvalue weighted by molar-refractivity contribution is 5.98. The van der Waals surface area contributed by atoms with Crippen molar-refractivity contribution in [2.45, 2.75) is 25.4 Å². The summed E-state index contributed by atoms with van der Waals surface area (Å²) in [5, 5.41) is 23.8. The molecule has 0 unspecified atom stereocenters. The summed E-state index contributed by atoms with van der Waals surface area (Å²) in [6, 6.07) is 5.15. The number of aliphatic hydroxyl groups is 1. The third-order valence-corrected chi connectivity index (χ3v) is 5.17. The first-order chi connectivity index (χ1) is 11.6. The molecule has 1 aromatic carbocycles. The van der Waals surface area contributed by atoms with Gasteiger partial charge in [0.05, 0.1) is 11.5 Å². The van der Waals surface area contributed by atoms with Crippen LogP contribution in [-0.2, 0) is 4.79 Å². The van der Waals surface area contributed by atoms with E-state index in [2.05, 4.69) is 20.7 Å². The minimum absolute atomic E-state index is 0.147. The van der Waals surface area contributed by atoms with Gasteiger partial charge in [-0.25, -0.2) is 0 Å². The molecule has 1 aromatic heterocycles. The molecule has 0 bridgehead atoms. The van der Waals surface area contributed by atoms with Gasteiger partial charge in [-0.2, -0.15) is 15.4 Å². The first-order valence-electron chi connectivity index (χ1n) is 8.16. The maximum Gasteiger partial charge on any atom is 0.253 e. The zero-order valence-corrected chi connectivity index (χ0v) is 13.2. The summed E-state index contributed by atoms with van der Waals surface area (Å²) in [5.74, 6) is -0.296. The molecule has 0 saturated carbocycles. The third kappa shape index (κ3) is 2.25. The molecule has 2 aliphatic rings. The normalized spacial score (nSPS) is 27.5. The molecule has 3 heterocycles. The number of aromatic amines is 1. The lowest BCUT2D eigenvalue weighted by molar-refractivity contribution is -0.147. The van der Waals surface area contributed by atoms with Gasteiger partial charge in [-0.1, -0.05) is 0 Å². The van der Waals surface area contributed by atoms with Crippen LogP contribution < -0.4 is 5.32 Å². The molecule has 2 atom stereocenters. The van der Waals surface area contributed by atoms with Gasteiger partial charge in [0.2, 0.25) is 5.91 Å².